The molecule has 0 saturated carbocycles. The smallest absolute Gasteiger partial charge is 0.266 e. The molecule has 10 nitrogen and oxygen atoms in total. The van der Waals surface area contributed by atoms with Gasteiger partial charge in [-0.1, -0.05) is 272 Å². The van der Waals surface area contributed by atoms with Gasteiger partial charge in [0.1, 0.15) is 46.0 Å². The number of carbonyl (C=O) groups excluding carboxylic acids is 3. The van der Waals surface area contributed by atoms with Crippen molar-refractivity contribution in [2.75, 3.05) is 9.80 Å². The Hall–Kier alpha value is -14.5. The van der Waals surface area contributed by atoms with E-state index in [4.69, 9.17) is 18.9 Å². The highest BCUT2D eigenvalue weighted by molar-refractivity contribution is 6.46. The van der Waals surface area contributed by atoms with Gasteiger partial charge in [-0.05, 0) is 359 Å². The topological polar surface area (TPSA) is 115 Å². The number of benzene rings is 18. The van der Waals surface area contributed by atoms with Crippen LogP contribution in [0.1, 0.15) is 297 Å². The van der Waals surface area contributed by atoms with Crippen LogP contribution >= 0.6 is 0 Å². The van der Waals surface area contributed by atoms with Gasteiger partial charge in [0.15, 0.2) is 6.23 Å². The molecule has 0 unspecified atom stereocenters. The Morgan fingerprint density at radius 3 is 0.886 bits per heavy atom. The van der Waals surface area contributed by atoms with Gasteiger partial charge in [0, 0.05) is 48.7 Å². The normalized spacial score (nSPS) is 14.8. The van der Waals surface area contributed by atoms with Crippen LogP contribution in [0.5, 0.6) is 46.0 Å². The first-order valence-corrected chi connectivity index (χ1v) is 49.9. The fraction of sp³-hybridized carbons (Fsp3) is 0.254. The van der Waals surface area contributed by atoms with Crippen molar-refractivity contribution in [1.82, 2.24) is 0 Å². The predicted octanol–water partition coefficient (Wildman–Crippen LogP) is 35.7. The Balaban J connectivity index is 0.690. The molecule has 5 aliphatic rings. The van der Waals surface area contributed by atoms with Crippen molar-refractivity contribution >= 4 is 139 Å². The Bertz CT molecular complexity index is 8350. The summed E-state index contributed by atoms with van der Waals surface area (Å²) in [5.74, 6) is 3.20. The molecule has 2 aliphatic heterocycles. The molecule has 1 N–H and O–H groups in total. The fourth-order valence-electron chi connectivity index (χ4n) is 23.3. The van der Waals surface area contributed by atoms with Crippen molar-refractivity contribution in [3.05, 3.63) is 332 Å². The average molecular weight is 1840 g/mol. The first-order valence-electron chi connectivity index (χ1n) is 49.9. The SMILES string of the molecule is C=C(C)c1cc(C(C)C)c(N2C(=O)c3cc(Oc4ccc(C(C)(C)C)cc4)c4c5ccc6c7c(ccc(c8c(Oc9ccc(C(C)(C)C)cc9)cc(c3c48)C2=O)c75)-c2cc3c(cc2-6)/C=C\c2cc4c(cc2CC3)-c2ccc3c5c(Oc6ccc(C(C)(C)C)cc6)cc6c7c(cc(Oc8ccc(C(C)(C)C)cc8)c(c8ccc-4c2c83)c75)C(=O)N(c2c(C(C)C)cc(C(=C)C)cc2C(C)C)[C@H]6O)c(C(C)C)c1. The van der Waals surface area contributed by atoms with E-state index in [9.17, 15) is 5.11 Å². The molecule has 3 aliphatic carbocycles. The second-order valence-electron chi connectivity index (χ2n) is 45.6. The Morgan fingerprint density at radius 1 is 0.307 bits per heavy atom. The summed E-state index contributed by atoms with van der Waals surface area (Å²) in [7, 11) is 0. The van der Waals surface area contributed by atoms with Crippen molar-refractivity contribution in [3.8, 4) is 90.5 Å². The summed E-state index contributed by atoms with van der Waals surface area (Å²) in [4.78, 5) is 52.6. The number of imide groups is 1. The van der Waals surface area contributed by atoms with Crippen molar-refractivity contribution < 1.29 is 38.4 Å². The third-order valence-corrected chi connectivity index (χ3v) is 30.8. The predicted molar refractivity (Wildman–Crippen MR) is 583 cm³/mol. The van der Waals surface area contributed by atoms with Gasteiger partial charge >= 0.3 is 0 Å². The van der Waals surface area contributed by atoms with E-state index in [1.165, 1.54) is 32.7 Å². The summed E-state index contributed by atoms with van der Waals surface area (Å²) in [5, 5.41) is 27.8. The zero-order chi connectivity index (χ0) is 98.1. The molecule has 10 heteroatoms. The number of carbonyl (C=O) groups is 3. The molecule has 0 radical (unpaired) electrons. The summed E-state index contributed by atoms with van der Waals surface area (Å²) in [6.45, 7) is 56.4. The van der Waals surface area contributed by atoms with Crippen LogP contribution in [0.4, 0.5) is 11.4 Å². The Kier molecular flexibility index (Phi) is 20.1. The van der Waals surface area contributed by atoms with Crippen molar-refractivity contribution in [1.29, 1.82) is 0 Å². The zero-order valence-electron chi connectivity index (χ0n) is 84.4. The minimum absolute atomic E-state index is 0.0275. The number of allylic oxidation sites excluding steroid dienone is 2. The molecular formula is C130H118N2O8. The molecule has 140 heavy (non-hydrogen) atoms. The number of aliphatic hydroxyl groups excluding tert-OH is 1. The van der Waals surface area contributed by atoms with Crippen LogP contribution in [-0.2, 0) is 34.5 Å². The number of hydrogen-bond acceptors (Lipinski definition) is 8. The fourth-order valence-corrected chi connectivity index (χ4v) is 23.3. The summed E-state index contributed by atoms with van der Waals surface area (Å²) in [5.41, 5.74) is 28.6. The number of amides is 3. The van der Waals surface area contributed by atoms with Crippen molar-refractivity contribution in [2.24, 2.45) is 0 Å². The van der Waals surface area contributed by atoms with Crippen LogP contribution in [0.3, 0.4) is 0 Å². The number of aryl methyl sites for hydroxylation is 2. The molecule has 0 saturated heterocycles. The van der Waals surface area contributed by atoms with Crippen LogP contribution in [-0.4, -0.2) is 22.8 Å². The van der Waals surface area contributed by atoms with Gasteiger partial charge in [-0.2, -0.15) is 0 Å². The number of anilines is 2. The highest BCUT2D eigenvalue weighted by Crippen LogP contribution is 2.63. The highest BCUT2D eigenvalue weighted by atomic mass is 16.5. The van der Waals surface area contributed by atoms with E-state index in [0.29, 0.717) is 90.4 Å². The molecule has 18 aromatic carbocycles. The summed E-state index contributed by atoms with van der Waals surface area (Å²) < 4.78 is 29.8. The number of rotatable bonds is 16. The third kappa shape index (κ3) is 13.7. The first kappa shape index (κ1) is 89.5. The maximum absolute atomic E-state index is 16.5. The first-order chi connectivity index (χ1) is 66.6. The molecular weight excluding hydrogens is 1720 g/mol. The minimum Gasteiger partial charge on any atom is -0.457 e. The van der Waals surface area contributed by atoms with Crippen LogP contribution in [0.15, 0.2) is 232 Å². The van der Waals surface area contributed by atoms with Crippen LogP contribution in [0.2, 0.25) is 0 Å². The van der Waals surface area contributed by atoms with Crippen LogP contribution in [0.25, 0.3) is 154 Å². The van der Waals surface area contributed by atoms with Gasteiger partial charge in [-0.15, -0.1) is 0 Å². The molecule has 0 aromatic heterocycles. The second-order valence-corrected chi connectivity index (χ2v) is 45.6. The number of fused-ring (bicyclic) bond motifs is 12. The quantitative estimate of drug-likeness (QED) is 0.0578. The maximum atomic E-state index is 16.5. The number of hydrogen-bond donors (Lipinski definition) is 1. The molecule has 0 spiro atoms. The van der Waals surface area contributed by atoms with E-state index in [1.807, 2.05) is 86.6 Å². The third-order valence-electron chi connectivity index (χ3n) is 30.8. The standard InChI is InChI=1S/C130H118N2O8/c1-65(2)75-57-93(67(5)6)121(94(58-75)68(7)8)131-123(133)101-61-105(137-81-37-29-77(30-38-81)127(13,14)15)115-89-49-45-85-97-53-71-25-27-73-55-99-87-47-51-91-112-92(52-48-88(110(87)112)100(99)56-74(73)28-26-72(71)54-98(97)86-46-50-90(111(89)109(85)86)116-106(62-102(124(131)134)113(101)119(115)116)138-82-39-31-78(32-40-82)128(16,17)18)118-108(140-84-43-35-80(36-44-84)130(22,23)24)64-104-114-103(63-107(117(91)120(114)118)139-83-41-33-79(34-42-83)129(19,20)21)125(135)132(126(104)136)122-95(69(9)10)59-76(66(3)4)60-96(122)70(11)12/h25,27,29-64,67-70,124,134H,1,3,26,28H2,2,4-24H3/b27-25-/t124-/m0/s1. The van der Waals surface area contributed by atoms with Gasteiger partial charge in [0.2, 0.25) is 0 Å². The lowest BCUT2D eigenvalue weighted by molar-refractivity contribution is 0.0870. The number of nitrogens with zero attached hydrogens (tertiary/aromatic N) is 2. The van der Waals surface area contributed by atoms with Crippen molar-refractivity contribution in [2.45, 2.75) is 217 Å². The zero-order valence-corrected chi connectivity index (χ0v) is 84.4. The van der Waals surface area contributed by atoms with Gasteiger partial charge in [-0.25, -0.2) is 4.90 Å². The van der Waals surface area contributed by atoms with E-state index < -0.39 is 18.0 Å². The molecule has 18 aromatic rings. The molecule has 3 amide bonds. The number of aliphatic hydroxyl groups is 1. The van der Waals surface area contributed by atoms with E-state index in [-0.39, 0.29) is 51.2 Å². The van der Waals surface area contributed by atoms with Crippen molar-refractivity contribution in [3.63, 3.8) is 0 Å². The molecule has 0 bridgehead atoms. The summed E-state index contributed by atoms with van der Waals surface area (Å²) in [6.07, 6.45) is 4.79. The van der Waals surface area contributed by atoms with Crippen LogP contribution < -0.4 is 28.7 Å². The highest BCUT2D eigenvalue weighted by Gasteiger charge is 2.45. The minimum atomic E-state index is -1.42. The van der Waals surface area contributed by atoms with Crippen LogP contribution in [0, 0.1) is 0 Å². The lowest BCUT2D eigenvalue weighted by atomic mass is 9.81. The van der Waals surface area contributed by atoms with E-state index >= 15 is 14.4 Å². The average Bonchev–Trinajstić information content (AvgIpc) is 1.29. The largest absolute Gasteiger partial charge is 0.457 e. The Labute approximate surface area is 820 Å². The molecule has 696 valence electrons. The monoisotopic (exact) mass is 1830 g/mol. The lowest BCUT2D eigenvalue weighted by Crippen LogP contribution is -2.42. The summed E-state index contributed by atoms with van der Waals surface area (Å²) >= 11 is 0. The van der Waals surface area contributed by atoms with E-state index in [0.717, 1.165) is 194 Å². The van der Waals surface area contributed by atoms with E-state index in [1.54, 1.807) is 4.90 Å². The molecule has 1 atom stereocenters. The lowest BCUT2D eigenvalue weighted by Gasteiger charge is -2.38. The van der Waals surface area contributed by atoms with Gasteiger partial charge in [0.05, 0.1) is 28.1 Å². The number of ether oxygens (including phenoxy) is 4. The van der Waals surface area contributed by atoms with Gasteiger partial charge in [-0.3, -0.25) is 19.3 Å². The summed E-state index contributed by atoms with van der Waals surface area (Å²) in [6, 6.07) is 77.6. The molecule has 23 rings (SSSR count). The molecule has 0 fully saturated rings. The van der Waals surface area contributed by atoms with Gasteiger partial charge < -0.3 is 24.1 Å². The Morgan fingerprint density at radius 2 is 0.586 bits per heavy atom. The van der Waals surface area contributed by atoms with E-state index in [2.05, 4.69) is 309 Å². The maximum Gasteiger partial charge on any atom is 0.266 e. The second kappa shape index (κ2) is 31.5. The van der Waals surface area contributed by atoms with Gasteiger partial charge in [0.25, 0.3) is 17.7 Å². The molecule has 2 heterocycles.